The summed E-state index contributed by atoms with van der Waals surface area (Å²) >= 11 is 6.14. The van der Waals surface area contributed by atoms with Crippen molar-refractivity contribution in [1.82, 2.24) is 4.90 Å². The van der Waals surface area contributed by atoms with Gasteiger partial charge in [-0.25, -0.2) is 0 Å². The van der Waals surface area contributed by atoms with Crippen LogP contribution in [0.5, 0.6) is 11.5 Å². The minimum atomic E-state index is -0.611. The van der Waals surface area contributed by atoms with Crippen molar-refractivity contribution >= 4 is 29.0 Å². The first kappa shape index (κ1) is 21.1. The van der Waals surface area contributed by atoms with Gasteiger partial charge in [-0.2, -0.15) is 0 Å². The number of Topliss-reactive ketones (excluding diaryl/α,β-unsaturated/α-hetero) is 1. The van der Waals surface area contributed by atoms with Crippen LogP contribution in [0.4, 0.5) is 5.69 Å². The summed E-state index contributed by atoms with van der Waals surface area (Å²) in [6.45, 7) is 2.62. The van der Waals surface area contributed by atoms with E-state index in [1.54, 1.807) is 17.0 Å². The molecule has 0 unspecified atom stereocenters. The van der Waals surface area contributed by atoms with Gasteiger partial charge in [-0.1, -0.05) is 11.6 Å². The third-order valence-corrected chi connectivity index (χ3v) is 6.21. The highest BCUT2D eigenvalue weighted by Gasteiger charge is 2.43. The summed E-state index contributed by atoms with van der Waals surface area (Å²) in [5.41, 5.74) is 0.707. The number of nitro groups is 1. The van der Waals surface area contributed by atoms with Crippen LogP contribution in [-0.2, 0) is 4.79 Å². The standard InChI is InChI=1S/C22H21ClN2O6/c1-14-10-20-17(11-18(14)23)19(26)12-22(31-20)6-8-24(9-7-22)21(27)13-30-16-4-2-15(3-5-16)25(28)29/h2-5,10-11H,6-9,12-13H2,1H3. The second-order valence-corrected chi connectivity index (χ2v) is 8.31. The third kappa shape index (κ3) is 4.34. The number of carbonyl (C=O) groups is 2. The molecule has 2 aromatic carbocycles. The average Bonchev–Trinajstić information content (AvgIpc) is 2.74. The molecule has 0 saturated carbocycles. The molecule has 8 nitrogen and oxygen atoms in total. The summed E-state index contributed by atoms with van der Waals surface area (Å²) in [5.74, 6) is 0.765. The van der Waals surface area contributed by atoms with E-state index >= 15 is 0 Å². The van der Waals surface area contributed by atoms with Crippen molar-refractivity contribution in [1.29, 1.82) is 0 Å². The van der Waals surface area contributed by atoms with Crippen molar-refractivity contribution in [3.8, 4) is 11.5 Å². The summed E-state index contributed by atoms with van der Waals surface area (Å²) in [4.78, 5) is 37.1. The molecule has 2 aliphatic heterocycles. The number of nitrogens with zero attached hydrogens (tertiary/aromatic N) is 2. The van der Waals surface area contributed by atoms with Gasteiger partial charge in [0, 0.05) is 43.1 Å². The van der Waals surface area contributed by atoms with Gasteiger partial charge in [0.05, 0.1) is 16.9 Å². The summed E-state index contributed by atoms with van der Waals surface area (Å²) in [6.07, 6.45) is 1.35. The Kier molecular flexibility index (Phi) is 5.58. The fraction of sp³-hybridized carbons (Fsp3) is 0.364. The van der Waals surface area contributed by atoms with E-state index in [0.717, 1.165) is 5.56 Å². The molecule has 4 rings (SSSR count). The Hall–Kier alpha value is -3.13. The zero-order valence-electron chi connectivity index (χ0n) is 16.9. The molecule has 1 amide bonds. The molecule has 0 N–H and O–H groups in total. The number of rotatable bonds is 4. The Bertz CT molecular complexity index is 1040. The van der Waals surface area contributed by atoms with Gasteiger partial charge in [0.2, 0.25) is 0 Å². The molecule has 1 fully saturated rings. The highest BCUT2D eigenvalue weighted by Crippen LogP contribution is 2.41. The Labute approximate surface area is 183 Å². The smallest absolute Gasteiger partial charge is 0.269 e. The van der Waals surface area contributed by atoms with E-state index in [-0.39, 0.29) is 30.4 Å². The lowest BCUT2D eigenvalue weighted by Crippen LogP contribution is -2.53. The molecule has 2 aromatic rings. The molecule has 0 aromatic heterocycles. The molecule has 0 aliphatic carbocycles. The van der Waals surface area contributed by atoms with Gasteiger partial charge in [0.25, 0.3) is 11.6 Å². The SMILES string of the molecule is Cc1cc2c(cc1Cl)C(=O)CC1(CCN(C(=O)COc3ccc([N+](=O)[O-])cc3)CC1)O2. The summed E-state index contributed by atoms with van der Waals surface area (Å²) in [7, 11) is 0. The van der Waals surface area contributed by atoms with Crippen LogP contribution < -0.4 is 9.47 Å². The molecule has 9 heteroatoms. The Morgan fingerprint density at radius 1 is 1.26 bits per heavy atom. The van der Waals surface area contributed by atoms with Gasteiger partial charge in [-0.3, -0.25) is 19.7 Å². The van der Waals surface area contributed by atoms with Crippen LogP contribution in [0.15, 0.2) is 36.4 Å². The predicted octanol–water partition coefficient (Wildman–Crippen LogP) is 3.96. The van der Waals surface area contributed by atoms with E-state index in [1.807, 2.05) is 6.92 Å². The van der Waals surface area contributed by atoms with Gasteiger partial charge in [-0.15, -0.1) is 0 Å². The lowest BCUT2D eigenvalue weighted by atomic mass is 9.82. The fourth-order valence-electron chi connectivity index (χ4n) is 3.96. The van der Waals surface area contributed by atoms with Crippen molar-refractivity contribution in [2.75, 3.05) is 19.7 Å². The maximum absolute atomic E-state index is 12.7. The highest BCUT2D eigenvalue weighted by molar-refractivity contribution is 6.31. The monoisotopic (exact) mass is 444 g/mol. The number of fused-ring (bicyclic) bond motifs is 1. The van der Waals surface area contributed by atoms with E-state index in [9.17, 15) is 19.7 Å². The lowest BCUT2D eigenvalue weighted by molar-refractivity contribution is -0.384. The Morgan fingerprint density at radius 3 is 2.58 bits per heavy atom. The van der Waals surface area contributed by atoms with E-state index in [4.69, 9.17) is 21.1 Å². The number of hydrogen-bond donors (Lipinski definition) is 0. The van der Waals surface area contributed by atoms with Gasteiger partial charge in [0.15, 0.2) is 12.4 Å². The van der Waals surface area contributed by atoms with Crippen molar-refractivity contribution in [3.63, 3.8) is 0 Å². The number of ketones is 1. The van der Waals surface area contributed by atoms with E-state index < -0.39 is 10.5 Å². The normalized spacial score (nSPS) is 17.1. The number of nitro benzene ring substituents is 1. The summed E-state index contributed by atoms with van der Waals surface area (Å²) < 4.78 is 11.7. The zero-order chi connectivity index (χ0) is 22.2. The number of piperidine rings is 1. The second kappa shape index (κ2) is 8.19. The zero-order valence-corrected chi connectivity index (χ0v) is 17.7. The Balaban J connectivity index is 1.35. The van der Waals surface area contributed by atoms with Crippen molar-refractivity contribution < 1.29 is 24.0 Å². The summed E-state index contributed by atoms with van der Waals surface area (Å²) in [6, 6.07) is 9.04. The van der Waals surface area contributed by atoms with Gasteiger partial charge >= 0.3 is 0 Å². The first-order valence-corrected chi connectivity index (χ1v) is 10.3. The molecular formula is C22H21ClN2O6. The molecular weight excluding hydrogens is 424 g/mol. The third-order valence-electron chi connectivity index (χ3n) is 5.81. The van der Waals surface area contributed by atoms with Gasteiger partial charge in [0.1, 0.15) is 17.1 Å². The van der Waals surface area contributed by atoms with Gasteiger partial charge in [-0.05, 0) is 36.8 Å². The second-order valence-electron chi connectivity index (χ2n) is 7.90. The number of aryl methyl sites for hydroxylation is 1. The van der Waals surface area contributed by atoms with E-state index in [2.05, 4.69) is 0 Å². The van der Waals surface area contributed by atoms with Crippen LogP contribution in [0.3, 0.4) is 0 Å². The lowest BCUT2D eigenvalue weighted by Gasteiger charge is -2.44. The highest BCUT2D eigenvalue weighted by atomic mass is 35.5. The topological polar surface area (TPSA) is 99.0 Å². The van der Waals surface area contributed by atoms with E-state index in [1.165, 1.54) is 24.3 Å². The number of ether oxygens (including phenoxy) is 2. The molecule has 31 heavy (non-hydrogen) atoms. The van der Waals surface area contributed by atoms with E-state index in [0.29, 0.717) is 48.0 Å². The molecule has 1 saturated heterocycles. The number of carbonyl (C=O) groups excluding carboxylic acids is 2. The maximum atomic E-state index is 12.7. The number of halogens is 1. The Morgan fingerprint density at radius 2 is 1.94 bits per heavy atom. The minimum Gasteiger partial charge on any atom is -0.486 e. The van der Waals surface area contributed by atoms with Crippen LogP contribution in [0, 0.1) is 17.0 Å². The molecule has 2 heterocycles. The molecule has 162 valence electrons. The predicted molar refractivity (Wildman–Crippen MR) is 113 cm³/mol. The largest absolute Gasteiger partial charge is 0.486 e. The number of likely N-dealkylation sites (tertiary alicyclic amines) is 1. The molecule has 1 spiro atoms. The van der Waals surface area contributed by atoms with Crippen LogP contribution in [0.2, 0.25) is 5.02 Å². The molecule has 0 bridgehead atoms. The molecule has 0 radical (unpaired) electrons. The fourth-order valence-corrected chi connectivity index (χ4v) is 4.12. The van der Waals surface area contributed by atoms with Crippen molar-refractivity contribution in [2.24, 2.45) is 0 Å². The quantitative estimate of drug-likeness (QED) is 0.522. The number of non-ortho nitro benzene ring substituents is 1. The van der Waals surface area contributed by atoms with Crippen LogP contribution >= 0.6 is 11.6 Å². The van der Waals surface area contributed by atoms with Crippen LogP contribution in [-0.4, -0.2) is 46.8 Å². The first-order valence-electron chi connectivity index (χ1n) is 9.94. The maximum Gasteiger partial charge on any atom is 0.269 e. The average molecular weight is 445 g/mol. The molecule has 2 aliphatic rings. The van der Waals surface area contributed by atoms with Crippen LogP contribution in [0.1, 0.15) is 35.2 Å². The number of amides is 1. The minimum absolute atomic E-state index is 0.00410. The van der Waals surface area contributed by atoms with Gasteiger partial charge < -0.3 is 14.4 Å². The number of hydrogen-bond acceptors (Lipinski definition) is 6. The molecule has 0 atom stereocenters. The summed E-state index contributed by atoms with van der Waals surface area (Å²) in [5, 5.41) is 11.2. The first-order chi connectivity index (χ1) is 14.8. The van der Waals surface area contributed by atoms with Crippen LogP contribution in [0.25, 0.3) is 0 Å². The number of benzene rings is 2. The van der Waals surface area contributed by atoms with Crippen molar-refractivity contribution in [2.45, 2.75) is 31.8 Å². The van der Waals surface area contributed by atoms with Crippen molar-refractivity contribution in [3.05, 3.63) is 62.7 Å².